The van der Waals surface area contributed by atoms with Crippen LogP contribution in [0.15, 0.2) is 77.7 Å². The summed E-state index contributed by atoms with van der Waals surface area (Å²) in [6, 6.07) is 15.9. The number of benzene rings is 3. The number of anilines is 1. The molecule has 226 valence electrons. The summed E-state index contributed by atoms with van der Waals surface area (Å²) in [4.78, 5) is 28.0. The number of hydrogen-bond acceptors (Lipinski definition) is 4. The first-order chi connectivity index (χ1) is 19.8. The average Bonchev–Trinajstić information content (AvgIpc) is 2.95. The molecule has 0 aliphatic heterocycles. The van der Waals surface area contributed by atoms with Crippen molar-refractivity contribution in [2.75, 3.05) is 17.4 Å². The topological polar surface area (TPSA) is 86.8 Å². The molecule has 0 heterocycles. The Kier molecular flexibility index (Phi) is 11.0. The number of carbonyl (C=O) groups excluding carboxylic acids is 2. The molecule has 12 heteroatoms. The van der Waals surface area contributed by atoms with Gasteiger partial charge in [0.15, 0.2) is 0 Å². The van der Waals surface area contributed by atoms with E-state index in [9.17, 15) is 31.2 Å². The third-order valence-corrected chi connectivity index (χ3v) is 8.87. The highest BCUT2D eigenvalue weighted by atomic mass is 35.5. The van der Waals surface area contributed by atoms with Gasteiger partial charge in [-0.15, -0.1) is 0 Å². The molecule has 3 rings (SSSR count). The summed E-state index contributed by atoms with van der Waals surface area (Å²) in [6.45, 7) is 4.83. The van der Waals surface area contributed by atoms with Crippen LogP contribution in [-0.2, 0) is 32.3 Å². The van der Waals surface area contributed by atoms with Crippen molar-refractivity contribution in [2.24, 2.45) is 0 Å². The van der Waals surface area contributed by atoms with Gasteiger partial charge >= 0.3 is 6.18 Å². The van der Waals surface area contributed by atoms with Crippen molar-refractivity contribution in [2.45, 2.75) is 57.3 Å². The number of rotatable bonds is 12. The summed E-state index contributed by atoms with van der Waals surface area (Å²) in [6.07, 6.45) is -3.31. The van der Waals surface area contributed by atoms with E-state index in [0.717, 1.165) is 36.1 Å². The lowest BCUT2D eigenvalue weighted by Crippen LogP contribution is -2.51. The molecule has 42 heavy (non-hydrogen) atoms. The maximum Gasteiger partial charge on any atom is 0.417 e. The van der Waals surface area contributed by atoms with E-state index in [1.807, 2.05) is 26.0 Å². The minimum atomic E-state index is -4.87. The number of hydrogen-bond donors (Lipinski definition) is 1. The minimum absolute atomic E-state index is 0.0263. The number of alkyl halides is 3. The Bertz CT molecular complexity index is 1500. The van der Waals surface area contributed by atoms with Crippen molar-refractivity contribution in [3.05, 3.63) is 94.5 Å². The lowest BCUT2D eigenvalue weighted by atomic mass is 10.1. The lowest BCUT2D eigenvalue weighted by molar-refractivity contribution is -0.139. The molecule has 2 amide bonds. The Morgan fingerprint density at radius 2 is 1.64 bits per heavy atom. The number of carbonyl (C=O) groups is 2. The maximum absolute atomic E-state index is 13.9. The van der Waals surface area contributed by atoms with E-state index in [2.05, 4.69) is 5.32 Å². The normalized spacial score (nSPS) is 12.5. The maximum atomic E-state index is 13.9. The number of aryl methyl sites for hydroxylation is 1. The van der Waals surface area contributed by atoms with Crippen molar-refractivity contribution in [3.63, 3.8) is 0 Å². The Labute approximate surface area is 249 Å². The van der Waals surface area contributed by atoms with Gasteiger partial charge in [0.05, 0.1) is 21.2 Å². The third-order valence-electron chi connectivity index (χ3n) is 6.75. The Morgan fingerprint density at radius 3 is 2.26 bits per heavy atom. The fraction of sp³-hybridized carbons (Fsp3) is 0.333. The highest BCUT2D eigenvalue weighted by Crippen LogP contribution is 2.38. The Balaban J connectivity index is 2.09. The van der Waals surface area contributed by atoms with Gasteiger partial charge in [-0.3, -0.25) is 13.9 Å². The van der Waals surface area contributed by atoms with Gasteiger partial charge in [-0.2, -0.15) is 13.2 Å². The second-order valence-electron chi connectivity index (χ2n) is 9.76. The predicted molar refractivity (Wildman–Crippen MR) is 157 cm³/mol. The van der Waals surface area contributed by atoms with E-state index < -0.39 is 56.9 Å². The second kappa shape index (κ2) is 14.1. The molecule has 1 N–H and O–H groups in total. The zero-order chi connectivity index (χ0) is 31.1. The average molecular weight is 624 g/mol. The summed E-state index contributed by atoms with van der Waals surface area (Å²) in [5.74, 6) is -1.21. The molecule has 0 spiro atoms. The van der Waals surface area contributed by atoms with Crippen LogP contribution in [0.2, 0.25) is 5.02 Å². The van der Waals surface area contributed by atoms with Crippen molar-refractivity contribution in [1.29, 1.82) is 0 Å². The van der Waals surface area contributed by atoms with Crippen LogP contribution in [-0.4, -0.2) is 44.3 Å². The third kappa shape index (κ3) is 8.04. The first kappa shape index (κ1) is 32.9. The van der Waals surface area contributed by atoms with Crippen LogP contribution in [0.3, 0.4) is 0 Å². The van der Waals surface area contributed by atoms with Crippen molar-refractivity contribution in [3.8, 4) is 0 Å². The molecule has 0 saturated carbocycles. The largest absolute Gasteiger partial charge is 0.417 e. The van der Waals surface area contributed by atoms with Crippen LogP contribution in [0.1, 0.15) is 43.4 Å². The Hall–Kier alpha value is -3.57. The summed E-state index contributed by atoms with van der Waals surface area (Å²) in [7, 11) is -4.53. The molecular weight excluding hydrogens is 591 g/mol. The molecule has 0 aliphatic rings. The highest BCUT2D eigenvalue weighted by molar-refractivity contribution is 7.92. The molecule has 0 aliphatic carbocycles. The van der Waals surface area contributed by atoms with Crippen LogP contribution in [0.4, 0.5) is 18.9 Å². The van der Waals surface area contributed by atoms with Gasteiger partial charge in [0.2, 0.25) is 11.8 Å². The van der Waals surface area contributed by atoms with Gasteiger partial charge in [0.25, 0.3) is 10.0 Å². The van der Waals surface area contributed by atoms with Crippen molar-refractivity contribution in [1.82, 2.24) is 10.2 Å². The number of sulfonamides is 1. The molecule has 3 aromatic rings. The molecule has 0 saturated heterocycles. The fourth-order valence-electron chi connectivity index (χ4n) is 4.22. The smallest absolute Gasteiger partial charge is 0.354 e. The summed E-state index contributed by atoms with van der Waals surface area (Å²) in [5.41, 5.74) is -0.0832. The van der Waals surface area contributed by atoms with Crippen LogP contribution in [0.25, 0.3) is 0 Å². The number of halogens is 4. The van der Waals surface area contributed by atoms with Crippen LogP contribution >= 0.6 is 11.6 Å². The van der Waals surface area contributed by atoms with E-state index in [1.165, 1.54) is 36.1 Å². The molecular formula is C30H33ClF3N3O4S. The monoisotopic (exact) mass is 623 g/mol. The standard InChI is InChI=1S/C30H33ClF3N3O4S/c1-4-5-17-35-29(39)22(3)36(19-23-12-10-9-11-21(23)2)28(38)20-37(42(40,41)25-13-7-6-8-14-25)24-15-16-27(31)26(18-24)30(32,33)34/h6-16,18,22H,4-5,17,19-20H2,1-3H3,(H,35,39)/t22-/m1/s1. The van der Waals surface area contributed by atoms with Gasteiger partial charge < -0.3 is 10.2 Å². The van der Waals surface area contributed by atoms with Crippen LogP contribution in [0.5, 0.6) is 0 Å². The van der Waals surface area contributed by atoms with Crippen LogP contribution in [0, 0.1) is 6.92 Å². The SMILES string of the molecule is CCCCNC(=O)[C@@H](C)N(Cc1ccccc1C)C(=O)CN(c1ccc(Cl)c(C(F)(F)F)c1)S(=O)(=O)c1ccccc1. The number of nitrogens with one attached hydrogen (secondary N) is 1. The molecule has 0 fully saturated rings. The summed E-state index contributed by atoms with van der Waals surface area (Å²) < 4.78 is 69.4. The van der Waals surface area contributed by atoms with Gasteiger partial charge in [-0.1, -0.05) is 67.4 Å². The number of nitrogens with zero attached hydrogens (tertiary/aromatic N) is 2. The fourth-order valence-corrected chi connectivity index (χ4v) is 5.88. The van der Waals surface area contributed by atoms with Gasteiger partial charge in [0, 0.05) is 13.1 Å². The summed E-state index contributed by atoms with van der Waals surface area (Å²) >= 11 is 5.80. The van der Waals surface area contributed by atoms with Gasteiger partial charge in [0.1, 0.15) is 12.6 Å². The van der Waals surface area contributed by atoms with E-state index in [4.69, 9.17) is 11.6 Å². The Morgan fingerprint density at radius 1 is 1.00 bits per heavy atom. The number of amides is 2. The predicted octanol–water partition coefficient (Wildman–Crippen LogP) is 6.20. The lowest BCUT2D eigenvalue weighted by Gasteiger charge is -2.32. The minimum Gasteiger partial charge on any atom is -0.354 e. The van der Waals surface area contributed by atoms with Crippen molar-refractivity contribution < 1.29 is 31.2 Å². The first-order valence-electron chi connectivity index (χ1n) is 13.3. The van der Waals surface area contributed by atoms with E-state index >= 15 is 0 Å². The first-order valence-corrected chi connectivity index (χ1v) is 15.1. The second-order valence-corrected chi connectivity index (χ2v) is 12.0. The molecule has 3 aromatic carbocycles. The van der Waals surface area contributed by atoms with E-state index in [-0.39, 0.29) is 11.4 Å². The zero-order valence-electron chi connectivity index (χ0n) is 23.5. The van der Waals surface area contributed by atoms with Gasteiger partial charge in [-0.05, 0) is 61.7 Å². The van der Waals surface area contributed by atoms with Crippen molar-refractivity contribution >= 4 is 39.1 Å². The zero-order valence-corrected chi connectivity index (χ0v) is 25.1. The molecule has 0 bridgehead atoms. The van der Waals surface area contributed by atoms with Gasteiger partial charge in [-0.25, -0.2) is 8.42 Å². The quantitative estimate of drug-likeness (QED) is 0.244. The number of unbranched alkanes of at least 4 members (excludes halogenated alkanes) is 1. The van der Waals surface area contributed by atoms with Crippen LogP contribution < -0.4 is 9.62 Å². The highest BCUT2D eigenvalue weighted by Gasteiger charge is 2.37. The molecule has 7 nitrogen and oxygen atoms in total. The summed E-state index contributed by atoms with van der Waals surface area (Å²) in [5, 5.41) is 2.17. The molecule has 0 aromatic heterocycles. The van der Waals surface area contributed by atoms with E-state index in [1.54, 1.807) is 18.2 Å². The van der Waals surface area contributed by atoms with E-state index in [0.29, 0.717) is 16.9 Å². The molecule has 1 atom stereocenters. The molecule has 0 unspecified atom stereocenters. The molecule has 0 radical (unpaired) electrons.